The van der Waals surface area contributed by atoms with Crippen LogP contribution in [0.3, 0.4) is 0 Å². The lowest BCUT2D eigenvalue weighted by atomic mass is 9.79. The van der Waals surface area contributed by atoms with E-state index in [1.54, 1.807) is 30.0 Å². The highest BCUT2D eigenvalue weighted by Gasteiger charge is 2.44. The smallest absolute Gasteiger partial charge is 0.257 e. The second kappa shape index (κ2) is 8.44. The van der Waals surface area contributed by atoms with Gasteiger partial charge in [0.1, 0.15) is 18.1 Å². The molecule has 1 unspecified atom stereocenters. The molecule has 5 rings (SSSR count). The van der Waals surface area contributed by atoms with Crippen LogP contribution in [0.5, 0.6) is 11.5 Å². The van der Waals surface area contributed by atoms with Gasteiger partial charge in [-0.25, -0.2) is 4.68 Å². The molecule has 1 atom stereocenters. The SMILES string of the molecule is COc1ccc2c(c1)OCCn1cc(nn1)CCC(=O)N1CCCC3(CCN(C3)C2=O)C1. The summed E-state index contributed by atoms with van der Waals surface area (Å²) < 4.78 is 13.1. The molecule has 0 aliphatic carbocycles. The quantitative estimate of drug-likeness (QED) is 0.673. The van der Waals surface area contributed by atoms with E-state index in [1.807, 2.05) is 16.0 Å². The van der Waals surface area contributed by atoms with Crippen molar-refractivity contribution in [2.45, 2.75) is 38.6 Å². The van der Waals surface area contributed by atoms with E-state index in [4.69, 9.17) is 9.47 Å². The van der Waals surface area contributed by atoms with Crippen molar-refractivity contribution in [3.05, 3.63) is 35.7 Å². The van der Waals surface area contributed by atoms with E-state index in [1.165, 1.54) is 0 Å². The Morgan fingerprint density at radius 2 is 1.94 bits per heavy atom. The number of hydrogen-bond acceptors (Lipinski definition) is 6. The Balaban J connectivity index is 1.46. The minimum absolute atomic E-state index is 0.0197. The van der Waals surface area contributed by atoms with Gasteiger partial charge in [-0.2, -0.15) is 0 Å². The van der Waals surface area contributed by atoms with Crippen LogP contribution in [0.2, 0.25) is 0 Å². The Morgan fingerprint density at radius 1 is 1.06 bits per heavy atom. The van der Waals surface area contributed by atoms with Crippen molar-refractivity contribution in [2.75, 3.05) is 39.9 Å². The Bertz CT molecular complexity index is 1020. The van der Waals surface area contributed by atoms with Gasteiger partial charge in [-0.05, 0) is 31.4 Å². The maximum Gasteiger partial charge on any atom is 0.257 e. The van der Waals surface area contributed by atoms with E-state index in [0.29, 0.717) is 62.7 Å². The Hall–Kier alpha value is -3.10. The summed E-state index contributed by atoms with van der Waals surface area (Å²) >= 11 is 0. The summed E-state index contributed by atoms with van der Waals surface area (Å²) in [5, 5.41) is 8.35. The van der Waals surface area contributed by atoms with Crippen molar-refractivity contribution in [3.63, 3.8) is 0 Å². The molecule has 2 fully saturated rings. The normalized spacial score (nSPS) is 24.0. The van der Waals surface area contributed by atoms with Gasteiger partial charge in [0.05, 0.1) is 24.9 Å². The van der Waals surface area contributed by atoms with E-state index >= 15 is 0 Å². The van der Waals surface area contributed by atoms with Crippen molar-refractivity contribution in [1.29, 1.82) is 0 Å². The average molecular weight is 440 g/mol. The Kier molecular flexibility index (Phi) is 5.48. The maximum absolute atomic E-state index is 13.5. The standard InChI is InChI=1S/C23H29N5O4/c1-31-18-4-5-19-20(13-18)32-12-11-28-14-17(24-25-28)3-6-21(29)26-9-2-7-23(15-26)8-10-27(16-23)22(19)30/h4-5,13-14H,2-3,6-12,15-16H2,1H3. The lowest BCUT2D eigenvalue weighted by Gasteiger charge is -2.40. The molecule has 9 heteroatoms. The predicted octanol–water partition coefficient (Wildman–Crippen LogP) is 1.77. The first kappa shape index (κ1) is 20.8. The van der Waals surface area contributed by atoms with Crippen molar-refractivity contribution in [2.24, 2.45) is 5.41 Å². The number of aromatic nitrogens is 3. The second-order valence-corrected chi connectivity index (χ2v) is 9.08. The van der Waals surface area contributed by atoms with Crippen molar-refractivity contribution in [3.8, 4) is 11.5 Å². The van der Waals surface area contributed by atoms with Gasteiger partial charge in [0.15, 0.2) is 0 Å². The second-order valence-electron chi connectivity index (χ2n) is 9.08. The number of carbonyl (C=O) groups is 2. The van der Waals surface area contributed by atoms with Gasteiger partial charge in [-0.15, -0.1) is 5.10 Å². The summed E-state index contributed by atoms with van der Waals surface area (Å²) in [6.07, 6.45) is 5.80. The van der Waals surface area contributed by atoms with Crippen LogP contribution >= 0.6 is 0 Å². The lowest BCUT2D eigenvalue weighted by Crippen LogP contribution is -2.47. The number of benzene rings is 1. The van der Waals surface area contributed by atoms with Crippen molar-refractivity contribution in [1.82, 2.24) is 24.8 Å². The maximum atomic E-state index is 13.5. The fourth-order valence-electron chi connectivity index (χ4n) is 5.16. The molecule has 2 aromatic rings. The lowest BCUT2D eigenvalue weighted by molar-refractivity contribution is -0.134. The van der Waals surface area contributed by atoms with Crippen LogP contribution in [0.4, 0.5) is 0 Å². The molecule has 3 aliphatic rings. The van der Waals surface area contributed by atoms with E-state index in [0.717, 1.165) is 31.5 Å². The molecule has 4 heterocycles. The molecule has 2 saturated heterocycles. The highest BCUT2D eigenvalue weighted by Crippen LogP contribution is 2.40. The van der Waals surface area contributed by atoms with E-state index in [9.17, 15) is 9.59 Å². The van der Waals surface area contributed by atoms with Crippen LogP contribution in [0.15, 0.2) is 24.4 Å². The number of methoxy groups -OCH3 is 1. The molecule has 0 N–H and O–H groups in total. The fourth-order valence-corrected chi connectivity index (χ4v) is 5.16. The topological polar surface area (TPSA) is 89.8 Å². The number of ether oxygens (including phenoxy) is 2. The average Bonchev–Trinajstić information content (AvgIpc) is 3.43. The summed E-state index contributed by atoms with van der Waals surface area (Å²) in [4.78, 5) is 30.3. The molecule has 5 bridgehead atoms. The van der Waals surface area contributed by atoms with Gasteiger partial charge in [0, 0.05) is 56.7 Å². The summed E-state index contributed by atoms with van der Waals surface area (Å²) in [5.74, 6) is 1.29. The molecular formula is C23H29N5O4. The summed E-state index contributed by atoms with van der Waals surface area (Å²) in [5.41, 5.74) is 1.32. The molecular weight excluding hydrogens is 410 g/mol. The molecule has 0 saturated carbocycles. The third kappa shape index (κ3) is 4.03. The third-order valence-corrected chi connectivity index (χ3v) is 6.92. The minimum atomic E-state index is -0.0321. The molecule has 2 amide bonds. The first-order valence-corrected chi connectivity index (χ1v) is 11.3. The fraction of sp³-hybridized carbons (Fsp3) is 0.565. The number of aryl methyl sites for hydroxylation is 1. The first-order valence-electron chi connectivity index (χ1n) is 11.3. The molecule has 1 aromatic carbocycles. The number of fused-ring (bicyclic) bond motifs is 5. The third-order valence-electron chi connectivity index (χ3n) is 6.92. The summed E-state index contributed by atoms with van der Waals surface area (Å²) in [6, 6.07) is 5.33. The Morgan fingerprint density at radius 3 is 2.81 bits per heavy atom. The zero-order valence-electron chi connectivity index (χ0n) is 18.5. The van der Waals surface area contributed by atoms with Gasteiger partial charge >= 0.3 is 0 Å². The minimum Gasteiger partial charge on any atom is -0.497 e. The number of rotatable bonds is 1. The van der Waals surface area contributed by atoms with Crippen LogP contribution in [-0.2, 0) is 17.8 Å². The van der Waals surface area contributed by atoms with Gasteiger partial charge in [0.25, 0.3) is 5.91 Å². The number of piperidine rings is 1. The summed E-state index contributed by atoms with van der Waals surface area (Å²) in [6.45, 7) is 3.71. The van der Waals surface area contributed by atoms with Crippen LogP contribution in [0.1, 0.15) is 41.7 Å². The zero-order chi connectivity index (χ0) is 22.1. The highest BCUT2D eigenvalue weighted by molar-refractivity contribution is 5.97. The molecule has 0 radical (unpaired) electrons. The number of carbonyl (C=O) groups excluding carboxylic acids is 2. The molecule has 9 nitrogen and oxygen atoms in total. The summed E-state index contributed by atoms with van der Waals surface area (Å²) in [7, 11) is 1.60. The molecule has 170 valence electrons. The predicted molar refractivity (Wildman–Crippen MR) is 116 cm³/mol. The van der Waals surface area contributed by atoms with Crippen molar-refractivity contribution < 1.29 is 19.1 Å². The number of amides is 2. The van der Waals surface area contributed by atoms with Gasteiger partial charge in [-0.3, -0.25) is 9.59 Å². The Labute approximate surface area is 187 Å². The van der Waals surface area contributed by atoms with E-state index < -0.39 is 0 Å². The molecule has 32 heavy (non-hydrogen) atoms. The van der Waals surface area contributed by atoms with Gasteiger partial charge in [0.2, 0.25) is 5.91 Å². The van der Waals surface area contributed by atoms with Crippen LogP contribution in [-0.4, -0.2) is 76.5 Å². The molecule has 1 spiro atoms. The van der Waals surface area contributed by atoms with Crippen LogP contribution < -0.4 is 9.47 Å². The van der Waals surface area contributed by atoms with E-state index in [-0.39, 0.29) is 17.2 Å². The van der Waals surface area contributed by atoms with Crippen molar-refractivity contribution >= 4 is 11.8 Å². The molecule has 1 aromatic heterocycles. The van der Waals surface area contributed by atoms with E-state index in [2.05, 4.69) is 10.3 Å². The van der Waals surface area contributed by atoms with Crippen LogP contribution in [0, 0.1) is 5.41 Å². The number of hydrogen-bond donors (Lipinski definition) is 0. The largest absolute Gasteiger partial charge is 0.497 e. The monoisotopic (exact) mass is 439 g/mol. The van der Waals surface area contributed by atoms with Gasteiger partial charge < -0.3 is 19.3 Å². The van der Waals surface area contributed by atoms with Gasteiger partial charge in [-0.1, -0.05) is 5.21 Å². The van der Waals surface area contributed by atoms with Crippen LogP contribution in [0.25, 0.3) is 0 Å². The highest BCUT2D eigenvalue weighted by atomic mass is 16.5. The first-order chi connectivity index (χ1) is 15.5. The zero-order valence-corrected chi connectivity index (χ0v) is 18.5. The molecule has 3 aliphatic heterocycles. The number of nitrogens with zero attached hydrogens (tertiary/aromatic N) is 5.